The first-order valence-corrected chi connectivity index (χ1v) is 7.04. The maximum Gasteiger partial charge on any atom is 0.405 e. The first kappa shape index (κ1) is 17.8. The molecule has 0 unspecified atom stereocenters. The van der Waals surface area contributed by atoms with Gasteiger partial charge >= 0.3 is 12.1 Å². The number of amides is 2. The van der Waals surface area contributed by atoms with Crippen molar-refractivity contribution in [3.05, 3.63) is 35.4 Å². The molecule has 1 atom stereocenters. The lowest BCUT2D eigenvalue weighted by molar-refractivity contribution is -0.142. The Bertz CT molecular complexity index is 675. The van der Waals surface area contributed by atoms with Crippen LogP contribution in [0.3, 0.4) is 0 Å². The number of carbonyl (C=O) groups is 3. The maximum atomic E-state index is 12.2. The van der Waals surface area contributed by atoms with Crippen LogP contribution in [0.4, 0.5) is 13.2 Å². The molecule has 9 heteroatoms. The molecular weight excluding hydrogens is 329 g/mol. The fourth-order valence-electron chi connectivity index (χ4n) is 2.27. The lowest BCUT2D eigenvalue weighted by Crippen LogP contribution is -2.53. The van der Waals surface area contributed by atoms with Crippen molar-refractivity contribution in [1.29, 1.82) is 0 Å². The third-order valence-corrected chi connectivity index (χ3v) is 3.46. The van der Waals surface area contributed by atoms with Gasteiger partial charge in [0.15, 0.2) is 5.60 Å². The Labute approximate surface area is 135 Å². The van der Waals surface area contributed by atoms with Crippen molar-refractivity contribution in [2.45, 2.75) is 25.1 Å². The summed E-state index contributed by atoms with van der Waals surface area (Å²) in [6.07, 6.45) is -4.43. The molecule has 1 aliphatic heterocycles. The van der Waals surface area contributed by atoms with Crippen LogP contribution in [0.1, 0.15) is 22.8 Å². The molecule has 2 N–H and O–H groups in total. The fourth-order valence-corrected chi connectivity index (χ4v) is 2.27. The number of nitrogens with one attached hydrogen (secondary N) is 2. The van der Waals surface area contributed by atoms with E-state index in [1.807, 2.05) is 0 Å². The van der Waals surface area contributed by atoms with E-state index in [1.54, 1.807) is 29.6 Å². The number of alkyl halides is 3. The number of carbonyl (C=O) groups excluding carboxylic acids is 3. The van der Waals surface area contributed by atoms with Crippen molar-refractivity contribution in [2.24, 2.45) is 0 Å². The minimum atomic E-state index is -4.53. The van der Waals surface area contributed by atoms with Crippen LogP contribution in [-0.4, -0.2) is 42.7 Å². The van der Waals surface area contributed by atoms with E-state index in [1.165, 1.54) is 6.92 Å². The molecule has 0 saturated heterocycles. The zero-order valence-corrected chi connectivity index (χ0v) is 12.7. The van der Waals surface area contributed by atoms with E-state index >= 15 is 0 Å². The van der Waals surface area contributed by atoms with Gasteiger partial charge < -0.3 is 15.4 Å². The Morgan fingerprint density at radius 2 is 1.92 bits per heavy atom. The lowest BCUT2D eigenvalue weighted by Gasteiger charge is -2.32. The number of halogens is 3. The second-order valence-electron chi connectivity index (χ2n) is 5.53. The molecule has 0 bridgehead atoms. The highest BCUT2D eigenvalue weighted by Crippen LogP contribution is 2.28. The molecule has 1 aromatic carbocycles. The van der Waals surface area contributed by atoms with Crippen molar-refractivity contribution in [3.63, 3.8) is 0 Å². The Hall–Kier alpha value is -2.58. The maximum absolute atomic E-state index is 12.2. The molecule has 2 rings (SSSR count). The van der Waals surface area contributed by atoms with Gasteiger partial charge in [-0.05, 0) is 18.6 Å². The van der Waals surface area contributed by atoms with Gasteiger partial charge in [-0.3, -0.25) is 9.59 Å². The van der Waals surface area contributed by atoms with Gasteiger partial charge in [-0.15, -0.1) is 0 Å². The second kappa shape index (κ2) is 6.50. The number of rotatable bonds is 4. The Kier molecular flexibility index (Phi) is 4.81. The van der Waals surface area contributed by atoms with E-state index < -0.39 is 42.7 Å². The van der Waals surface area contributed by atoms with Crippen LogP contribution in [0, 0.1) is 0 Å². The van der Waals surface area contributed by atoms with E-state index in [9.17, 15) is 27.6 Å². The van der Waals surface area contributed by atoms with Gasteiger partial charge in [-0.25, -0.2) is 4.79 Å². The van der Waals surface area contributed by atoms with Gasteiger partial charge in [0.1, 0.15) is 6.54 Å². The van der Waals surface area contributed by atoms with E-state index in [4.69, 9.17) is 4.74 Å². The fraction of sp³-hybridized carbons (Fsp3) is 0.400. The first-order chi connectivity index (χ1) is 11.1. The molecule has 1 aliphatic rings. The third kappa shape index (κ3) is 4.24. The minimum absolute atomic E-state index is 0.102. The number of esters is 1. The quantitative estimate of drug-likeness (QED) is 0.797. The van der Waals surface area contributed by atoms with Gasteiger partial charge in [0, 0.05) is 6.42 Å². The number of hydrogen-bond acceptors (Lipinski definition) is 4. The van der Waals surface area contributed by atoms with Crippen LogP contribution in [0.5, 0.6) is 0 Å². The van der Waals surface area contributed by atoms with Crippen molar-refractivity contribution in [1.82, 2.24) is 10.6 Å². The number of ether oxygens (including phenoxy) is 1. The standard InChI is InChI=1S/C15H15F3N2O4/c1-14(6-9-4-2-3-5-10(9)12(22)24-14)13(23)19-7-11(21)20-8-15(16,17)18/h2-5H,6-8H2,1H3,(H,19,23)(H,20,21)/t14-/m1/s1. The Morgan fingerprint density at radius 3 is 2.58 bits per heavy atom. The van der Waals surface area contributed by atoms with Gasteiger partial charge in [-0.2, -0.15) is 13.2 Å². The number of cyclic esters (lactones) is 1. The Morgan fingerprint density at radius 1 is 1.25 bits per heavy atom. The van der Waals surface area contributed by atoms with Gasteiger partial charge in [0.2, 0.25) is 5.91 Å². The van der Waals surface area contributed by atoms with E-state index in [2.05, 4.69) is 5.32 Å². The van der Waals surface area contributed by atoms with Gasteiger partial charge in [0.25, 0.3) is 5.91 Å². The van der Waals surface area contributed by atoms with Crippen LogP contribution in [0.25, 0.3) is 0 Å². The molecule has 1 heterocycles. The number of benzene rings is 1. The van der Waals surface area contributed by atoms with E-state index in [0.717, 1.165) is 0 Å². The molecule has 1 aromatic rings. The predicted molar refractivity (Wildman–Crippen MR) is 76.0 cm³/mol. The second-order valence-corrected chi connectivity index (χ2v) is 5.53. The molecule has 0 saturated carbocycles. The summed E-state index contributed by atoms with van der Waals surface area (Å²) in [5.74, 6) is -2.42. The van der Waals surface area contributed by atoms with Gasteiger partial charge in [-0.1, -0.05) is 18.2 Å². The summed E-state index contributed by atoms with van der Waals surface area (Å²) < 4.78 is 41.1. The molecule has 0 aliphatic carbocycles. The highest BCUT2D eigenvalue weighted by Gasteiger charge is 2.42. The van der Waals surface area contributed by atoms with Crippen LogP contribution >= 0.6 is 0 Å². The van der Waals surface area contributed by atoms with Crippen LogP contribution < -0.4 is 10.6 Å². The first-order valence-electron chi connectivity index (χ1n) is 7.04. The monoisotopic (exact) mass is 344 g/mol. The SMILES string of the molecule is C[C@]1(C(=O)NCC(=O)NCC(F)(F)F)Cc2ccccc2C(=O)O1. The minimum Gasteiger partial charge on any atom is -0.445 e. The average molecular weight is 344 g/mol. The molecule has 6 nitrogen and oxygen atoms in total. The molecule has 130 valence electrons. The smallest absolute Gasteiger partial charge is 0.405 e. The molecule has 0 fully saturated rings. The largest absolute Gasteiger partial charge is 0.445 e. The zero-order chi connectivity index (χ0) is 18.0. The highest BCUT2D eigenvalue weighted by atomic mass is 19.4. The average Bonchev–Trinajstić information content (AvgIpc) is 2.49. The summed E-state index contributed by atoms with van der Waals surface area (Å²) in [6.45, 7) is -0.755. The van der Waals surface area contributed by atoms with Crippen molar-refractivity contribution in [2.75, 3.05) is 13.1 Å². The summed E-state index contributed by atoms with van der Waals surface area (Å²) in [4.78, 5) is 35.5. The molecule has 0 spiro atoms. The molecule has 2 amide bonds. The van der Waals surface area contributed by atoms with Gasteiger partial charge in [0.05, 0.1) is 12.1 Å². The Balaban J connectivity index is 1.95. The molecule has 0 aromatic heterocycles. The van der Waals surface area contributed by atoms with Crippen LogP contribution in [0.15, 0.2) is 24.3 Å². The summed E-state index contributed by atoms with van der Waals surface area (Å²) in [5, 5.41) is 3.82. The lowest BCUT2D eigenvalue weighted by atomic mass is 9.89. The van der Waals surface area contributed by atoms with Crippen molar-refractivity contribution >= 4 is 17.8 Å². The van der Waals surface area contributed by atoms with Crippen LogP contribution in [-0.2, 0) is 20.7 Å². The number of fused-ring (bicyclic) bond motifs is 1. The highest BCUT2D eigenvalue weighted by molar-refractivity contribution is 5.98. The van der Waals surface area contributed by atoms with Crippen molar-refractivity contribution in [3.8, 4) is 0 Å². The van der Waals surface area contributed by atoms with E-state index in [-0.39, 0.29) is 6.42 Å². The number of hydrogen-bond donors (Lipinski definition) is 2. The van der Waals surface area contributed by atoms with E-state index in [0.29, 0.717) is 11.1 Å². The molecule has 24 heavy (non-hydrogen) atoms. The summed E-state index contributed by atoms with van der Waals surface area (Å²) in [7, 11) is 0. The summed E-state index contributed by atoms with van der Waals surface area (Å²) in [5.41, 5.74) is -0.561. The molecular formula is C15H15F3N2O4. The van der Waals surface area contributed by atoms with Crippen LogP contribution in [0.2, 0.25) is 0 Å². The van der Waals surface area contributed by atoms with Crippen molar-refractivity contribution < 1.29 is 32.3 Å². The summed E-state index contributed by atoms with van der Waals surface area (Å²) >= 11 is 0. The summed E-state index contributed by atoms with van der Waals surface area (Å²) in [6, 6.07) is 6.62. The zero-order valence-electron chi connectivity index (χ0n) is 12.7. The molecule has 0 radical (unpaired) electrons. The predicted octanol–water partition coefficient (Wildman–Crippen LogP) is 0.953. The topological polar surface area (TPSA) is 84.5 Å². The normalized spacial score (nSPS) is 19.9. The third-order valence-electron chi connectivity index (χ3n) is 3.46.